The molecule has 0 saturated carbocycles. The lowest BCUT2D eigenvalue weighted by molar-refractivity contribution is 0.0516. The van der Waals surface area contributed by atoms with Crippen LogP contribution < -0.4 is 5.56 Å². The average molecular weight is 331 g/mol. The summed E-state index contributed by atoms with van der Waals surface area (Å²) in [5.74, 6) is -1.37. The molecule has 0 fully saturated rings. The van der Waals surface area contributed by atoms with Crippen LogP contribution in [0.2, 0.25) is 5.02 Å². The number of carbonyl (C=O) groups excluding carboxylic acids is 2. The normalized spacial score (nSPS) is 9.96. The highest BCUT2D eigenvalue weighted by Gasteiger charge is 2.22. The van der Waals surface area contributed by atoms with Crippen molar-refractivity contribution >= 4 is 23.4 Å². The van der Waals surface area contributed by atoms with Crippen LogP contribution >= 0.6 is 11.6 Å². The summed E-state index contributed by atoms with van der Waals surface area (Å²) in [6.07, 6.45) is 0. The van der Waals surface area contributed by atoms with E-state index in [-0.39, 0.29) is 29.0 Å². The van der Waals surface area contributed by atoms with Crippen molar-refractivity contribution in [2.24, 2.45) is 0 Å². The van der Waals surface area contributed by atoms with Gasteiger partial charge in [0.25, 0.3) is 5.56 Å². The highest BCUT2D eigenvalue weighted by atomic mass is 35.5. The Labute approximate surface area is 136 Å². The summed E-state index contributed by atoms with van der Waals surface area (Å²) in [6.45, 7) is 1.68. The number of nitriles is 1. The molecule has 23 heavy (non-hydrogen) atoms. The first-order valence-electron chi connectivity index (χ1n) is 6.62. The molecule has 1 heterocycles. The molecular weight excluding hydrogens is 320 g/mol. The van der Waals surface area contributed by atoms with Crippen LogP contribution in [0.4, 0.5) is 0 Å². The molecule has 0 bridgehead atoms. The lowest BCUT2D eigenvalue weighted by atomic mass is 10.0. The van der Waals surface area contributed by atoms with Gasteiger partial charge >= 0.3 is 5.97 Å². The van der Waals surface area contributed by atoms with Gasteiger partial charge in [0.2, 0.25) is 0 Å². The number of rotatable bonds is 4. The standard InChI is InChI=1S/C16H11ClN2O4/c1-2-23-16(22)13-12(7-10(8-18)15(21)19-13)14(20)9-3-5-11(17)6-4-9/h3-7H,2H2,1H3,(H,19,21). The van der Waals surface area contributed by atoms with E-state index in [4.69, 9.17) is 21.6 Å². The van der Waals surface area contributed by atoms with Crippen LogP contribution in [0.15, 0.2) is 35.1 Å². The van der Waals surface area contributed by atoms with Crippen LogP contribution in [0.5, 0.6) is 0 Å². The molecule has 2 rings (SSSR count). The van der Waals surface area contributed by atoms with Crippen LogP contribution in [-0.2, 0) is 4.74 Å². The van der Waals surface area contributed by atoms with Gasteiger partial charge in [-0.05, 0) is 37.3 Å². The highest BCUT2D eigenvalue weighted by molar-refractivity contribution is 6.30. The van der Waals surface area contributed by atoms with Crippen LogP contribution in [0.3, 0.4) is 0 Å². The van der Waals surface area contributed by atoms with Gasteiger partial charge in [-0.3, -0.25) is 9.59 Å². The lowest BCUT2D eigenvalue weighted by Crippen LogP contribution is -2.22. The van der Waals surface area contributed by atoms with Crippen molar-refractivity contribution in [3.63, 3.8) is 0 Å². The van der Waals surface area contributed by atoms with Gasteiger partial charge in [0.15, 0.2) is 5.78 Å². The molecule has 0 spiro atoms. The summed E-state index contributed by atoms with van der Waals surface area (Å²) in [5.41, 5.74) is -1.16. The Kier molecular flexibility index (Phi) is 4.94. The predicted octanol–water partition coefficient (Wildman–Crippen LogP) is 2.31. The summed E-state index contributed by atoms with van der Waals surface area (Å²) < 4.78 is 4.84. The summed E-state index contributed by atoms with van der Waals surface area (Å²) >= 11 is 5.78. The van der Waals surface area contributed by atoms with Gasteiger partial charge in [-0.15, -0.1) is 0 Å². The molecule has 0 aliphatic rings. The van der Waals surface area contributed by atoms with Crippen molar-refractivity contribution in [3.8, 4) is 6.07 Å². The number of pyridine rings is 1. The Hall–Kier alpha value is -2.91. The van der Waals surface area contributed by atoms with E-state index in [0.29, 0.717) is 5.02 Å². The van der Waals surface area contributed by atoms with Gasteiger partial charge in [-0.25, -0.2) is 4.79 Å². The number of nitrogens with zero attached hydrogens (tertiary/aromatic N) is 1. The van der Waals surface area contributed by atoms with E-state index < -0.39 is 17.3 Å². The van der Waals surface area contributed by atoms with Crippen LogP contribution in [0.1, 0.15) is 38.9 Å². The number of nitrogens with one attached hydrogen (secondary N) is 1. The maximum Gasteiger partial charge on any atom is 0.355 e. The van der Waals surface area contributed by atoms with Gasteiger partial charge in [0.1, 0.15) is 17.3 Å². The largest absolute Gasteiger partial charge is 0.461 e. The van der Waals surface area contributed by atoms with Crippen molar-refractivity contribution in [2.45, 2.75) is 6.92 Å². The number of aromatic amines is 1. The first-order chi connectivity index (χ1) is 11.0. The fraction of sp³-hybridized carbons (Fsp3) is 0.125. The highest BCUT2D eigenvalue weighted by Crippen LogP contribution is 2.16. The number of benzene rings is 1. The van der Waals surface area contributed by atoms with Gasteiger partial charge in [0, 0.05) is 10.6 Å². The molecule has 0 aliphatic carbocycles. The molecule has 2 aromatic rings. The fourth-order valence-corrected chi connectivity index (χ4v) is 2.04. The number of hydrogen-bond acceptors (Lipinski definition) is 5. The number of H-pyrrole nitrogens is 1. The zero-order valence-corrected chi connectivity index (χ0v) is 12.8. The third kappa shape index (κ3) is 3.47. The number of ketones is 1. The Morgan fingerprint density at radius 3 is 2.52 bits per heavy atom. The fourth-order valence-electron chi connectivity index (χ4n) is 1.91. The van der Waals surface area contributed by atoms with Gasteiger partial charge in [-0.1, -0.05) is 11.6 Å². The van der Waals surface area contributed by atoms with Crippen molar-refractivity contribution in [1.29, 1.82) is 5.26 Å². The molecule has 1 aromatic heterocycles. The minimum absolute atomic E-state index is 0.0788. The molecule has 0 saturated heterocycles. The molecule has 116 valence electrons. The van der Waals surface area contributed by atoms with Crippen LogP contribution in [0.25, 0.3) is 0 Å². The number of ether oxygens (including phenoxy) is 1. The molecule has 0 radical (unpaired) electrons. The van der Waals surface area contributed by atoms with E-state index in [1.807, 2.05) is 0 Å². The lowest BCUT2D eigenvalue weighted by Gasteiger charge is -2.08. The number of aromatic nitrogens is 1. The minimum atomic E-state index is -0.841. The molecule has 1 N–H and O–H groups in total. The number of esters is 1. The van der Waals surface area contributed by atoms with E-state index in [1.165, 1.54) is 24.3 Å². The molecule has 7 heteroatoms. The second-order valence-electron chi connectivity index (χ2n) is 4.47. The second-order valence-corrected chi connectivity index (χ2v) is 4.91. The average Bonchev–Trinajstić information content (AvgIpc) is 2.55. The summed E-state index contributed by atoms with van der Waals surface area (Å²) in [5, 5.41) is 9.40. The number of halogens is 1. The van der Waals surface area contributed by atoms with Crippen LogP contribution in [0, 0.1) is 11.3 Å². The Bertz CT molecular complexity index is 863. The van der Waals surface area contributed by atoms with Gasteiger partial charge < -0.3 is 9.72 Å². The van der Waals surface area contributed by atoms with E-state index in [0.717, 1.165) is 6.07 Å². The monoisotopic (exact) mass is 330 g/mol. The quantitative estimate of drug-likeness (QED) is 0.685. The van der Waals surface area contributed by atoms with E-state index in [2.05, 4.69) is 4.98 Å². The molecular formula is C16H11ClN2O4. The number of hydrogen-bond donors (Lipinski definition) is 1. The van der Waals surface area contributed by atoms with E-state index in [9.17, 15) is 14.4 Å². The van der Waals surface area contributed by atoms with Crippen LogP contribution in [-0.4, -0.2) is 23.3 Å². The molecule has 1 aromatic carbocycles. The maximum atomic E-state index is 12.6. The molecule has 0 atom stereocenters. The van der Waals surface area contributed by atoms with Crippen molar-refractivity contribution < 1.29 is 14.3 Å². The summed E-state index contributed by atoms with van der Waals surface area (Å²) in [6, 6.07) is 8.78. The zero-order chi connectivity index (χ0) is 17.0. The third-order valence-electron chi connectivity index (χ3n) is 2.99. The molecule has 0 amide bonds. The SMILES string of the molecule is CCOC(=O)c1[nH]c(=O)c(C#N)cc1C(=O)c1ccc(Cl)cc1. The van der Waals surface area contributed by atoms with Crippen molar-refractivity contribution in [2.75, 3.05) is 6.61 Å². The minimum Gasteiger partial charge on any atom is -0.461 e. The molecule has 6 nitrogen and oxygen atoms in total. The molecule has 0 unspecified atom stereocenters. The second kappa shape index (κ2) is 6.90. The predicted molar refractivity (Wildman–Crippen MR) is 82.6 cm³/mol. The zero-order valence-electron chi connectivity index (χ0n) is 12.1. The third-order valence-corrected chi connectivity index (χ3v) is 3.24. The van der Waals surface area contributed by atoms with Gasteiger partial charge in [-0.2, -0.15) is 5.26 Å². The maximum absolute atomic E-state index is 12.6. The topological polar surface area (TPSA) is 100 Å². The van der Waals surface area contributed by atoms with E-state index in [1.54, 1.807) is 13.0 Å². The van der Waals surface area contributed by atoms with E-state index >= 15 is 0 Å². The first kappa shape index (κ1) is 16.5. The Morgan fingerprint density at radius 2 is 1.96 bits per heavy atom. The first-order valence-corrected chi connectivity index (χ1v) is 7.00. The Morgan fingerprint density at radius 1 is 1.30 bits per heavy atom. The summed E-state index contributed by atoms with van der Waals surface area (Å²) in [4.78, 5) is 38.5. The van der Waals surface area contributed by atoms with Gasteiger partial charge in [0.05, 0.1) is 12.2 Å². The smallest absolute Gasteiger partial charge is 0.355 e. The van der Waals surface area contributed by atoms with Crippen molar-refractivity contribution in [1.82, 2.24) is 4.98 Å². The molecule has 0 aliphatic heterocycles. The van der Waals surface area contributed by atoms with Crippen molar-refractivity contribution in [3.05, 3.63) is 68.1 Å². The Balaban J connectivity index is 2.61. The number of carbonyl (C=O) groups is 2. The summed E-state index contributed by atoms with van der Waals surface area (Å²) in [7, 11) is 0.